The second-order valence-corrected chi connectivity index (χ2v) is 7.62. The first-order valence-electron chi connectivity index (χ1n) is 9.99. The summed E-state index contributed by atoms with van der Waals surface area (Å²) in [4.78, 5) is 9.20. The third-order valence-corrected chi connectivity index (χ3v) is 5.53. The lowest BCUT2D eigenvalue weighted by atomic mass is 9.99. The summed E-state index contributed by atoms with van der Waals surface area (Å²) in [5, 5.41) is 0. The van der Waals surface area contributed by atoms with E-state index in [1.165, 1.54) is 29.5 Å². The lowest BCUT2D eigenvalue weighted by Gasteiger charge is -2.29. The number of pyridine rings is 1. The Morgan fingerprint density at radius 3 is 2.74 bits per heavy atom. The maximum absolute atomic E-state index is 5.53. The van der Waals surface area contributed by atoms with Gasteiger partial charge < -0.3 is 14.4 Å². The molecular weight excluding hydrogens is 338 g/mol. The van der Waals surface area contributed by atoms with E-state index in [0.717, 1.165) is 57.1 Å². The molecule has 0 bridgehead atoms. The van der Waals surface area contributed by atoms with Crippen LogP contribution in [0.2, 0.25) is 0 Å². The Bertz CT molecular complexity index is 751. The van der Waals surface area contributed by atoms with Crippen LogP contribution in [-0.4, -0.2) is 54.8 Å². The monoisotopic (exact) mass is 367 g/mol. The van der Waals surface area contributed by atoms with Crippen LogP contribution >= 0.6 is 0 Å². The molecule has 1 aromatic carbocycles. The van der Waals surface area contributed by atoms with Crippen LogP contribution in [0.15, 0.2) is 36.7 Å². The van der Waals surface area contributed by atoms with Crippen molar-refractivity contribution in [1.29, 1.82) is 0 Å². The van der Waals surface area contributed by atoms with Crippen molar-refractivity contribution in [2.75, 3.05) is 40.0 Å². The molecule has 5 nitrogen and oxygen atoms in total. The average molecular weight is 367 g/mol. The molecule has 0 N–H and O–H groups in total. The average Bonchev–Trinajstić information content (AvgIpc) is 3.14. The standard InChI is InChI=1S/C22H29N3O2/c1-24(9-3-6-18-5-2-8-23-15-18)10-4-11-25-12-7-19-13-21-22(27-17-26-21)14-20(19)16-25/h2,5,8,13-15H,3-4,6-7,9-12,16-17H2,1H3. The van der Waals surface area contributed by atoms with Gasteiger partial charge >= 0.3 is 0 Å². The molecule has 0 fully saturated rings. The van der Waals surface area contributed by atoms with Gasteiger partial charge in [0, 0.05) is 25.5 Å². The van der Waals surface area contributed by atoms with E-state index in [9.17, 15) is 0 Å². The number of hydrogen-bond acceptors (Lipinski definition) is 5. The molecule has 2 aliphatic rings. The van der Waals surface area contributed by atoms with Gasteiger partial charge in [0.15, 0.2) is 11.5 Å². The second kappa shape index (κ2) is 8.72. The van der Waals surface area contributed by atoms with Crippen LogP contribution in [0.1, 0.15) is 29.5 Å². The quantitative estimate of drug-likeness (QED) is 0.717. The van der Waals surface area contributed by atoms with Crippen molar-refractivity contribution in [3.63, 3.8) is 0 Å². The maximum Gasteiger partial charge on any atom is 0.231 e. The second-order valence-electron chi connectivity index (χ2n) is 7.62. The molecule has 0 atom stereocenters. The molecule has 1 aromatic heterocycles. The van der Waals surface area contributed by atoms with Gasteiger partial charge in [0.25, 0.3) is 0 Å². The first-order valence-corrected chi connectivity index (χ1v) is 9.99. The number of nitrogens with zero attached hydrogens (tertiary/aromatic N) is 3. The Labute approximate surface area is 161 Å². The molecule has 4 rings (SSSR count). The van der Waals surface area contributed by atoms with Gasteiger partial charge in [-0.3, -0.25) is 9.88 Å². The zero-order chi connectivity index (χ0) is 18.5. The molecule has 27 heavy (non-hydrogen) atoms. The molecule has 2 aliphatic heterocycles. The summed E-state index contributed by atoms with van der Waals surface area (Å²) in [7, 11) is 2.23. The van der Waals surface area contributed by atoms with Gasteiger partial charge in [0.1, 0.15) is 0 Å². The molecule has 0 saturated carbocycles. The number of benzene rings is 1. The lowest BCUT2D eigenvalue weighted by molar-refractivity contribution is 0.174. The summed E-state index contributed by atoms with van der Waals surface area (Å²) in [6.45, 7) is 5.96. The van der Waals surface area contributed by atoms with Crippen molar-refractivity contribution in [3.05, 3.63) is 53.3 Å². The van der Waals surface area contributed by atoms with E-state index in [4.69, 9.17) is 9.47 Å². The highest BCUT2D eigenvalue weighted by Crippen LogP contribution is 2.36. The molecule has 0 spiro atoms. The third-order valence-electron chi connectivity index (χ3n) is 5.53. The van der Waals surface area contributed by atoms with Crippen LogP contribution in [0.3, 0.4) is 0 Å². The first-order chi connectivity index (χ1) is 13.3. The van der Waals surface area contributed by atoms with Crippen molar-refractivity contribution < 1.29 is 9.47 Å². The van der Waals surface area contributed by atoms with E-state index < -0.39 is 0 Å². The number of hydrogen-bond donors (Lipinski definition) is 0. The van der Waals surface area contributed by atoms with E-state index >= 15 is 0 Å². The fraction of sp³-hybridized carbons (Fsp3) is 0.500. The summed E-state index contributed by atoms with van der Waals surface area (Å²) in [5.74, 6) is 1.82. The highest BCUT2D eigenvalue weighted by Gasteiger charge is 2.22. The number of ether oxygens (including phenoxy) is 2. The minimum atomic E-state index is 0.356. The summed E-state index contributed by atoms with van der Waals surface area (Å²) in [5.41, 5.74) is 4.15. The van der Waals surface area contributed by atoms with Crippen LogP contribution < -0.4 is 9.47 Å². The third kappa shape index (κ3) is 4.79. The Hall–Kier alpha value is -2.11. The van der Waals surface area contributed by atoms with Crippen molar-refractivity contribution in [2.24, 2.45) is 0 Å². The fourth-order valence-corrected chi connectivity index (χ4v) is 3.97. The Morgan fingerprint density at radius 2 is 1.93 bits per heavy atom. The van der Waals surface area contributed by atoms with Gasteiger partial charge in [-0.05, 0) is 87.3 Å². The van der Waals surface area contributed by atoms with Gasteiger partial charge in [-0.25, -0.2) is 0 Å². The molecule has 2 aromatic rings. The predicted molar refractivity (Wildman–Crippen MR) is 106 cm³/mol. The molecule has 0 saturated heterocycles. The first kappa shape index (κ1) is 18.3. The van der Waals surface area contributed by atoms with Gasteiger partial charge in [0.2, 0.25) is 6.79 Å². The summed E-state index contributed by atoms with van der Waals surface area (Å²) in [6, 6.07) is 8.52. The van der Waals surface area contributed by atoms with Crippen LogP contribution in [0.5, 0.6) is 11.5 Å². The van der Waals surface area contributed by atoms with Crippen molar-refractivity contribution >= 4 is 0 Å². The van der Waals surface area contributed by atoms with Gasteiger partial charge in [-0.1, -0.05) is 6.07 Å². The number of aryl methyl sites for hydroxylation is 1. The SMILES string of the molecule is CN(CCCc1cccnc1)CCCN1CCc2cc3c(cc2C1)OCO3. The highest BCUT2D eigenvalue weighted by atomic mass is 16.7. The Morgan fingerprint density at radius 1 is 1.11 bits per heavy atom. The Kier molecular flexibility index (Phi) is 5.90. The predicted octanol–water partition coefficient (Wildman–Crippen LogP) is 3.12. The number of rotatable bonds is 8. The minimum Gasteiger partial charge on any atom is -0.454 e. The molecule has 144 valence electrons. The molecular formula is C22H29N3O2. The molecule has 0 radical (unpaired) electrons. The molecule has 3 heterocycles. The largest absolute Gasteiger partial charge is 0.454 e. The van der Waals surface area contributed by atoms with Crippen LogP contribution in [-0.2, 0) is 19.4 Å². The van der Waals surface area contributed by atoms with Crippen molar-refractivity contribution in [1.82, 2.24) is 14.8 Å². The van der Waals surface area contributed by atoms with Crippen LogP contribution in [0.4, 0.5) is 0 Å². The zero-order valence-electron chi connectivity index (χ0n) is 16.2. The van der Waals surface area contributed by atoms with Crippen LogP contribution in [0, 0.1) is 0 Å². The van der Waals surface area contributed by atoms with E-state index in [-0.39, 0.29) is 0 Å². The fourth-order valence-electron chi connectivity index (χ4n) is 3.97. The molecule has 5 heteroatoms. The van der Waals surface area contributed by atoms with E-state index in [1.807, 2.05) is 18.5 Å². The summed E-state index contributed by atoms with van der Waals surface area (Å²) >= 11 is 0. The molecule has 0 aliphatic carbocycles. The van der Waals surface area contributed by atoms with Gasteiger partial charge in [-0.15, -0.1) is 0 Å². The van der Waals surface area contributed by atoms with E-state index in [1.54, 1.807) is 0 Å². The molecule has 0 unspecified atom stereocenters. The zero-order valence-corrected chi connectivity index (χ0v) is 16.2. The normalized spacial score (nSPS) is 15.9. The summed E-state index contributed by atoms with van der Waals surface area (Å²) in [6.07, 6.45) is 8.42. The smallest absolute Gasteiger partial charge is 0.231 e. The highest BCUT2D eigenvalue weighted by molar-refractivity contribution is 5.49. The topological polar surface area (TPSA) is 37.8 Å². The summed E-state index contributed by atoms with van der Waals surface area (Å²) < 4.78 is 11.0. The van der Waals surface area contributed by atoms with Crippen molar-refractivity contribution in [2.45, 2.75) is 32.2 Å². The van der Waals surface area contributed by atoms with E-state index in [0.29, 0.717) is 6.79 Å². The van der Waals surface area contributed by atoms with Gasteiger partial charge in [-0.2, -0.15) is 0 Å². The number of fused-ring (bicyclic) bond motifs is 2. The maximum atomic E-state index is 5.53. The minimum absolute atomic E-state index is 0.356. The Balaban J connectivity index is 1.16. The van der Waals surface area contributed by atoms with E-state index in [2.05, 4.69) is 40.0 Å². The molecule has 0 amide bonds. The number of aromatic nitrogens is 1. The van der Waals surface area contributed by atoms with Crippen molar-refractivity contribution in [3.8, 4) is 11.5 Å². The van der Waals surface area contributed by atoms with Crippen LogP contribution in [0.25, 0.3) is 0 Å². The van der Waals surface area contributed by atoms with Gasteiger partial charge in [0.05, 0.1) is 0 Å². The lowest BCUT2D eigenvalue weighted by Crippen LogP contribution is -2.33.